The van der Waals surface area contributed by atoms with Crippen molar-refractivity contribution in [3.8, 4) is 0 Å². The third-order valence-electron chi connectivity index (χ3n) is 1.31. The van der Waals surface area contributed by atoms with Gasteiger partial charge in [0.15, 0.2) is 17.8 Å². The van der Waals surface area contributed by atoms with Gasteiger partial charge < -0.3 is 4.74 Å². The average molecular weight is 184 g/mol. The van der Waals surface area contributed by atoms with Crippen molar-refractivity contribution in [2.45, 2.75) is 0 Å². The summed E-state index contributed by atoms with van der Waals surface area (Å²) in [5, 5.41) is 0. The summed E-state index contributed by atoms with van der Waals surface area (Å²) in [6.45, 7) is 0. The van der Waals surface area contributed by atoms with Crippen LogP contribution < -0.4 is 0 Å². The molecule has 0 saturated heterocycles. The van der Waals surface area contributed by atoms with Crippen LogP contribution in [0.3, 0.4) is 0 Å². The molecule has 0 amide bonds. The zero-order valence-corrected chi connectivity index (χ0v) is 6.65. The number of halogens is 1. The van der Waals surface area contributed by atoms with Crippen molar-refractivity contribution >= 4 is 12.3 Å². The fourth-order valence-electron chi connectivity index (χ4n) is 0.705. The summed E-state index contributed by atoms with van der Waals surface area (Å²) >= 11 is 0. The number of hydrogen-bond donors (Lipinski definition) is 0. The molecule has 1 aromatic heterocycles. The van der Waals surface area contributed by atoms with Gasteiger partial charge in [-0.2, -0.15) is 0 Å². The van der Waals surface area contributed by atoms with Crippen LogP contribution in [0.25, 0.3) is 0 Å². The Labute approximate surface area is 72.6 Å². The number of esters is 1. The van der Waals surface area contributed by atoms with E-state index in [0.29, 0.717) is 0 Å². The second kappa shape index (κ2) is 3.70. The molecule has 1 rings (SSSR count). The minimum Gasteiger partial charge on any atom is -0.464 e. The fourth-order valence-corrected chi connectivity index (χ4v) is 0.705. The van der Waals surface area contributed by atoms with Gasteiger partial charge in [-0.05, 0) is 0 Å². The molecule has 0 spiro atoms. The number of hydrogen-bond acceptors (Lipinski definition) is 5. The van der Waals surface area contributed by atoms with Crippen molar-refractivity contribution in [3.05, 3.63) is 23.5 Å². The van der Waals surface area contributed by atoms with E-state index in [1.54, 1.807) is 0 Å². The lowest BCUT2D eigenvalue weighted by Crippen LogP contribution is -2.10. The minimum atomic E-state index is -1.07. The summed E-state index contributed by atoms with van der Waals surface area (Å²) in [5.74, 6) is -2.01. The van der Waals surface area contributed by atoms with Gasteiger partial charge in [-0.15, -0.1) is 0 Å². The normalized spacial score (nSPS) is 9.38. The average Bonchev–Trinajstić information content (AvgIpc) is 2.17. The molecule has 1 heterocycles. The monoisotopic (exact) mass is 184 g/mol. The van der Waals surface area contributed by atoms with Gasteiger partial charge in [-0.3, -0.25) is 4.79 Å². The van der Waals surface area contributed by atoms with Gasteiger partial charge in [-0.1, -0.05) is 0 Å². The van der Waals surface area contributed by atoms with E-state index in [0.717, 1.165) is 13.4 Å². The van der Waals surface area contributed by atoms with Crippen LogP contribution in [-0.4, -0.2) is 29.3 Å². The fraction of sp³-hybridized carbons (Fsp3) is 0.143. The molecule has 0 unspecified atom stereocenters. The molecular formula is C7H5FN2O3. The zero-order valence-electron chi connectivity index (χ0n) is 6.65. The van der Waals surface area contributed by atoms with Crippen LogP contribution in [0.2, 0.25) is 0 Å². The summed E-state index contributed by atoms with van der Waals surface area (Å²) in [7, 11) is 1.09. The maximum atomic E-state index is 13.1. The molecule has 0 aromatic carbocycles. The summed E-state index contributed by atoms with van der Waals surface area (Å²) in [6, 6.07) is 0. The first-order valence-electron chi connectivity index (χ1n) is 3.24. The van der Waals surface area contributed by atoms with Crippen molar-refractivity contribution in [2.24, 2.45) is 0 Å². The number of methoxy groups -OCH3 is 1. The third-order valence-corrected chi connectivity index (χ3v) is 1.31. The van der Waals surface area contributed by atoms with Crippen molar-refractivity contribution in [1.82, 2.24) is 9.97 Å². The topological polar surface area (TPSA) is 69.2 Å². The maximum absolute atomic E-state index is 13.1. The first-order valence-corrected chi connectivity index (χ1v) is 3.24. The molecule has 13 heavy (non-hydrogen) atoms. The molecule has 68 valence electrons. The lowest BCUT2D eigenvalue weighted by atomic mass is 10.3. The van der Waals surface area contributed by atoms with Crippen LogP contribution in [0.15, 0.2) is 6.33 Å². The van der Waals surface area contributed by atoms with E-state index in [9.17, 15) is 14.0 Å². The van der Waals surface area contributed by atoms with Gasteiger partial charge in [0.05, 0.1) is 7.11 Å². The molecule has 0 N–H and O–H groups in total. The quantitative estimate of drug-likeness (QED) is 0.485. The van der Waals surface area contributed by atoms with E-state index >= 15 is 0 Å². The first kappa shape index (κ1) is 9.24. The van der Waals surface area contributed by atoms with Gasteiger partial charge in [-0.25, -0.2) is 19.2 Å². The Morgan fingerprint density at radius 1 is 1.62 bits per heavy atom. The highest BCUT2D eigenvalue weighted by Crippen LogP contribution is 2.06. The highest BCUT2D eigenvalue weighted by Gasteiger charge is 2.17. The van der Waals surface area contributed by atoms with Crippen LogP contribution in [0.5, 0.6) is 0 Å². The molecular weight excluding hydrogens is 179 g/mol. The highest BCUT2D eigenvalue weighted by atomic mass is 19.1. The Kier molecular flexibility index (Phi) is 2.63. The summed E-state index contributed by atoms with van der Waals surface area (Å²) < 4.78 is 17.3. The van der Waals surface area contributed by atoms with Gasteiger partial charge in [0, 0.05) is 0 Å². The van der Waals surface area contributed by atoms with E-state index < -0.39 is 23.2 Å². The first-order chi connectivity index (χ1) is 6.20. The Morgan fingerprint density at radius 2 is 2.31 bits per heavy atom. The van der Waals surface area contributed by atoms with Gasteiger partial charge >= 0.3 is 5.97 Å². The molecule has 5 nitrogen and oxygen atoms in total. The number of aromatic nitrogens is 2. The van der Waals surface area contributed by atoms with E-state index in [2.05, 4.69) is 14.7 Å². The summed E-state index contributed by atoms with van der Waals surface area (Å²) in [6.07, 6.45) is 1.11. The van der Waals surface area contributed by atoms with Crippen LogP contribution in [0.4, 0.5) is 4.39 Å². The predicted molar refractivity (Wildman–Crippen MR) is 38.7 cm³/mol. The Bertz CT molecular complexity index is 354. The maximum Gasteiger partial charge on any atom is 0.359 e. The van der Waals surface area contributed by atoms with Crippen LogP contribution in [-0.2, 0) is 4.74 Å². The van der Waals surface area contributed by atoms with Crippen LogP contribution in [0.1, 0.15) is 21.0 Å². The van der Waals surface area contributed by atoms with Gasteiger partial charge in [0.2, 0.25) is 0 Å². The van der Waals surface area contributed by atoms with Crippen LogP contribution in [0, 0.1) is 5.82 Å². The molecule has 0 bridgehead atoms. The van der Waals surface area contributed by atoms with E-state index in [1.807, 2.05) is 0 Å². The smallest absolute Gasteiger partial charge is 0.359 e. The zero-order chi connectivity index (χ0) is 9.84. The summed E-state index contributed by atoms with van der Waals surface area (Å²) in [4.78, 5) is 27.7. The predicted octanol–water partition coefficient (Wildman–Crippen LogP) is 0.215. The molecule has 0 radical (unpaired) electrons. The summed E-state index contributed by atoms with van der Waals surface area (Å²) in [5.41, 5.74) is -1.00. The number of carbonyl (C=O) groups excluding carboxylic acids is 2. The second-order valence-electron chi connectivity index (χ2n) is 2.03. The highest BCUT2D eigenvalue weighted by molar-refractivity contribution is 5.89. The molecule has 6 heteroatoms. The largest absolute Gasteiger partial charge is 0.464 e. The Balaban J connectivity index is 3.23. The molecule has 0 fully saturated rings. The van der Waals surface area contributed by atoms with E-state index in [-0.39, 0.29) is 6.29 Å². The SMILES string of the molecule is COC(=O)c1ncnc(C=O)c1F. The number of rotatable bonds is 2. The number of ether oxygens (including phenoxy) is 1. The van der Waals surface area contributed by atoms with E-state index in [1.165, 1.54) is 0 Å². The minimum absolute atomic E-state index is 0.198. The lowest BCUT2D eigenvalue weighted by Gasteiger charge is -1.99. The van der Waals surface area contributed by atoms with Crippen molar-refractivity contribution in [1.29, 1.82) is 0 Å². The van der Waals surface area contributed by atoms with Crippen molar-refractivity contribution in [2.75, 3.05) is 7.11 Å². The van der Waals surface area contributed by atoms with Crippen molar-refractivity contribution in [3.63, 3.8) is 0 Å². The molecule has 0 atom stereocenters. The number of aldehydes is 1. The molecule has 1 aromatic rings. The lowest BCUT2D eigenvalue weighted by molar-refractivity contribution is 0.0587. The molecule has 0 aliphatic rings. The molecule has 0 aliphatic carbocycles. The second-order valence-corrected chi connectivity index (χ2v) is 2.03. The van der Waals surface area contributed by atoms with Crippen LogP contribution >= 0.6 is 0 Å². The van der Waals surface area contributed by atoms with Crippen molar-refractivity contribution < 1.29 is 18.7 Å². The Morgan fingerprint density at radius 3 is 2.85 bits per heavy atom. The van der Waals surface area contributed by atoms with Gasteiger partial charge in [0.25, 0.3) is 0 Å². The standard InChI is InChI=1S/C7H5FN2O3/c1-13-7(12)6-5(8)4(2-11)9-3-10-6/h2-3H,1H3. The van der Waals surface area contributed by atoms with E-state index in [4.69, 9.17) is 0 Å². The molecule has 0 aliphatic heterocycles. The molecule has 0 saturated carbocycles. The number of carbonyl (C=O) groups is 2. The Hall–Kier alpha value is -1.85. The van der Waals surface area contributed by atoms with Gasteiger partial charge in [0.1, 0.15) is 12.0 Å². The third kappa shape index (κ3) is 1.66. The number of nitrogens with zero attached hydrogens (tertiary/aromatic N) is 2.